The van der Waals surface area contributed by atoms with Gasteiger partial charge in [-0.3, -0.25) is 14.3 Å². The van der Waals surface area contributed by atoms with Gasteiger partial charge in [0.15, 0.2) is 0 Å². The molecule has 2 aromatic heterocycles. The van der Waals surface area contributed by atoms with Crippen LogP contribution in [0.4, 0.5) is 24.7 Å². The van der Waals surface area contributed by atoms with Gasteiger partial charge in [-0.15, -0.1) is 0 Å². The number of rotatable bonds is 12. The van der Waals surface area contributed by atoms with Gasteiger partial charge in [-0.2, -0.15) is 5.10 Å². The molecule has 1 aliphatic rings. The highest BCUT2D eigenvalue weighted by molar-refractivity contribution is 7.92. The average molecular weight is 659 g/mol. The number of methoxy groups -OCH3 is 1. The fraction of sp³-hybridized carbons (Fsp3) is 0.455. The Labute approximate surface area is 268 Å². The maximum atomic E-state index is 15.8. The van der Waals surface area contributed by atoms with Crippen LogP contribution in [0.2, 0.25) is 0 Å². The Hall–Kier alpha value is -3.68. The molecule has 0 amide bonds. The molecular formula is C33H41F3N6O3S. The monoisotopic (exact) mass is 658 g/mol. The van der Waals surface area contributed by atoms with E-state index in [4.69, 9.17) is 15.6 Å². The van der Waals surface area contributed by atoms with Gasteiger partial charge in [-0.25, -0.2) is 26.6 Å². The largest absolute Gasteiger partial charge is 0.383 e. The van der Waals surface area contributed by atoms with Crippen molar-refractivity contribution in [2.75, 3.05) is 37.3 Å². The molecule has 5 rings (SSSR count). The van der Waals surface area contributed by atoms with E-state index in [0.29, 0.717) is 18.0 Å². The molecule has 0 spiro atoms. The fourth-order valence-corrected chi connectivity index (χ4v) is 7.61. The molecule has 13 heteroatoms. The van der Waals surface area contributed by atoms with E-state index in [2.05, 4.69) is 16.8 Å². The second-order valence-electron chi connectivity index (χ2n) is 12.1. The predicted octanol–water partition coefficient (Wildman–Crippen LogP) is 6.86. The van der Waals surface area contributed by atoms with Crippen LogP contribution < -0.4 is 10.5 Å². The van der Waals surface area contributed by atoms with Gasteiger partial charge in [0.25, 0.3) is 10.0 Å². The van der Waals surface area contributed by atoms with Gasteiger partial charge >= 0.3 is 0 Å². The first-order valence-electron chi connectivity index (χ1n) is 15.6. The van der Waals surface area contributed by atoms with E-state index in [9.17, 15) is 12.8 Å². The summed E-state index contributed by atoms with van der Waals surface area (Å²) in [6.45, 7) is 8.67. The minimum absolute atomic E-state index is 0.109. The molecule has 248 valence electrons. The predicted molar refractivity (Wildman–Crippen MR) is 174 cm³/mol. The van der Waals surface area contributed by atoms with Crippen LogP contribution in [0.3, 0.4) is 0 Å². The first kappa shape index (κ1) is 33.7. The lowest BCUT2D eigenvalue weighted by Crippen LogP contribution is -2.40. The van der Waals surface area contributed by atoms with Crippen molar-refractivity contribution < 1.29 is 26.3 Å². The molecular weight excluding hydrogens is 617 g/mol. The molecule has 3 N–H and O–H groups in total. The SMILES string of the molecule is CCCN(CCOC)C1CCC(c2cnc(N)c3c(-c4cc(F)c(NS(=O)(=O)c5ccccc5F)cc4F)nn(C(C)C)c23)CC1. The van der Waals surface area contributed by atoms with Gasteiger partial charge in [-0.05, 0) is 82.2 Å². The number of nitrogens with two attached hydrogens (primary N) is 1. The van der Waals surface area contributed by atoms with Crippen LogP contribution in [-0.2, 0) is 14.8 Å². The summed E-state index contributed by atoms with van der Waals surface area (Å²) in [5.74, 6) is -2.70. The van der Waals surface area contributed by atoms with Crippen molar-refractivity contribution >= 4 is 32.4 Å². The number of nitrogen functional groups attached to an aromatic ring is 1. The zero-order valence-corrected chi connectivity index (χ0v) is 27.4. The number of anilines is 2. The number of nitrogens with one attached hydrogen (secondary N) is 1. The molecule has 4 aromatic rings. The number of hydrogen-bond donors (Lipinski definition) is 2. The summed E-state index contributed by atoms with van der Waals surface area (Å²) in [6, 6.07) is 6.58. The second kappa shape index (κ2) is 14.0. The lowest BCUT2D eigenvalue weighted by molar-refractivity contribution is 0.0990. The summed E-state index contributed by atoms with van der Waals surface area (Å²) < 4.78 is 80.0. The number of benzene rings is 2. The first-order valence-corrected chi connectivity index (χ1v) is 17.1. The number of nitrogens with zero attached hydrogens (tertiary/aromatic N) is 4. The first-order chi connectivity index (χ1) is 22.0. The molecule has 0 radical (unpaired) electrons. The normalized spacial score (nSPS) is 17.3. The summed E-state index contributed by atoms with van der Waals surface area (Å²) >= 11 is 0. The van der Waals surface area contributed by atoms with Gasteiger partial charge < -0.3 is 10.5 Å². The number of hydrogen-bond acceptors (Lipinski definition) is 7. The third kappa shape index (κ3) is 6.72. The third-order valence-corrected chi connectivity index (χ3v) is 10.1. The van der Waals surface area contributed by atoms with Crippen molar-refractivity contribution in [1.82, 2.24) is 19.7 Å². The maximum Gasteiger partial charge on any atom is 0.264 e. The van der Waals surface area contributed by atoms with Gasteiger partial charge in [0, 0.05) is 43.6 Å². The Morgan fingerprint density at radius 1 is 1.07 bits per heavy atom. The van der Waals surface area contributed by atoms with Crippen LogP contribution in [0.15, 0.2) is 47.5 Å². The quantitative estimate of drug-likeness (QED) is 0.171. The van der Waals surface area contributed by atoms with Crippen molar-refractivity contribution in [3.05, 3.63) is 65.6 Å². The van der Waals surface area contributed by atoms with Crippen molar-refractivity contribution in [3.8, 4) is 11.3 Å². The van der Waals surface area contributed by atoms with Crippen molar-refractivity contribution in [1.29, 1.82) is 0 Å². The molecule has 1 saturated carbocycles. The Kier molecular flexibility index (Phi) is 10.2. The number of halogens is 3. The molecule has 0 bridgehead atoms. The molecule has 1 aliphatic carbocycles. The summed E-state index contributed by atoms with van der Waals surface area (Å²) in [6.07, 6.45) is 6.71. The Morgan fingerprint density at radius 3 is 2.43 bits per heavy atom. The van der Waals surface area contributed by atoms with Crippen LogP contribution in [0.25, 0.3) is 22.2 Å². The molecule has 1 fully saturated rings. The van der Waals surface area contributed by atoms with E-state index < -0.39 is 38.1 Å². The topological polar surface area (TPSA) is 115 Å². The van der Waals surface area contributed by atoms with E-state index in [1.165, 1.54) is 12.1 Å². The Balaban J connectivity index is 1.51. The zero-order valence-electron chi connectivity index (χ0n) is 26.6. The van der Waals surface area contributed by atoms with E-state index in [-0.39, 0.29) is 29.0 Å². The molecule has 0 saturated heterocycles. The van der Waals surface area contributed by atoms with Gasteiger partial charge in [-0.1, -0.05) is 19.1 Å². The number of aromatic nitrogens is 3. The maximum absolute atomic E-state index is 15.8. The smallest absolute Gasteiger partial charge is 0.264 e. The zero-order chi connectivity index (χ0) is 33.2. The van der Waals surface area contributed by atoms with Crippen LogP contribution >= 0.6 is 0 Å². The Morgan fingerprint density at radius 2 is 1.78 bits per heavy atom. The van der Waals surface area contributed by atoms with E-state index >= 15 is 8.78 Å². The number of pyridine rings is 1. The number of fused-ring (bicyclic) bond motifs is 1. The summed E-state index contributed by atoms with van der Waals surface area (Å²) in [5.41, 5.74) is 7.34. The fourth-order valence-electron chi connectivity index (χ4n) is 6.47. The minimum Gasteiger partial charge on any atom is -0.383 e. The average Bonchev–Trinajstić information content (AvgIpc) is 3.43. The van der Waals surface area contributed by atoms with E-state index in [1.54, 1.807) is 18.0 Å². The van der Waals surface area contributed by atoms with Gasteiger partial charge in [0.2, 0.25) is 0 Å². The van der Waals surface area contributed by atoms with Crippen molar-refractivity contribution in [2.24, 2.45) is 0 Å². The summed E-state index contributed by atoms with van der Waals surface area (Å²) in [7, 11) is -2.82. The standard InChI is InChI=1S/C33H41F3N6O3S/c1-5-14-41(15-16-45-4)22-12-10-21(11-13-22)24-19-38-33(37)30-31(39-42(20(2)3)32(24)30)23-17-27(36)28(18-26(23)35)40-46(43,44)29-9-7-6-8-25(29)34/h6-9,17-22,40H,5,10-16H2,1-4H3,(H2,37,38). The number of sulfonamides is 1. The Bertz CT molecular complexity index is 1810. The second-order valence-corrected chi connectivity index (χ2v) is 13.7. The molecule has 0 unspecified atom stereocenters. The van der Waals surface area contributed by atoms with Crippen LogP contribution in [0, 0.1) is 17.5 Å². The van der Waals surface area contributed by atoms with Crippen molar-refractivity contribution in [3.63, 3.8) is 0 Å². The highest BCUT2D eigenvalue weighted by Gasteiger charge is 2.31. The number of ether oxygens (including phenoxy) is 1. The van der Waals surface area contributed by atoms with E-state index in [0.717, 1.165) is 80.5 Å². The molecule has 0 aliphatic heterocycles. The molecule has 2 heterocycles. The molecule has 0 atom stereocenters. The summed E-state index contributed by atoms with van der Waals surface area (Å²) in [5, 5.41) is 5.14. The van der Waals surface area contributed by atoms with Gasteiger partial charge in [0.05, 0.1) is 23.2 Å². The highest BCUT2D eigenvalue weighted by Crippen LogP contribution is 2.43. The van der Waals surface area contributed by atoms with Crippen molar-refractivity contribution in [2.45, 2.75) is 75.8 Å². The van der Waals surface area contributed by atoms with Crippen LogP contribution in [0.5, 0.6) is 0 Å². The molecule has 46 heavy (non-hydrogen) atoms. The van der Waals surface area contributed by atoms with Crippen LogP contribution in [0.1, 0.15) is 70.4 Å². The minimum atomic E-state index is -4.54. The van der Waals surface area contributed by atoms with E-state index in [1.807, 2.05) is 18.6 Å². The third-order valence-electron chi connectivity index (χ3n) is 8.70. The molecule has 9 nitrogen and oxygen atoms in total. The lowest BCUT2D eigenvalue weighted by Gasteiger charge is -2.37. The van der Waals surface area contributed by atoms with Gasteiger partial charge in [0.1, 0.15) is 33.9 Å². The van der Waals surface area contributed by atoms with Crippen LogP contribution in [-0.4, -0.2) is 60.9 Å². The highest BCUT2D eigenvalue weighted by atomic mass is 32.2. The lowest BCUT2D eigenvalue weighted by atomic mass is 9.81. The molecule has 2 aromatic carbocycles. The summed E-state index contributed by atoms with van der Waals surface area (Å²) in [4.78, 5) is 6.30.